The first-order valence-electron chi connectivity index (χ1n) is 4.93. The average molecular weight is 194 g/mol. The van der Waals surface area contributed by atoms with Gasteiger partial charge in [-0.15, -0.1) is 0 Å². The van der Waals surface area contributed by atoms with Crippen LogP contribution in [0.1, 0.15) is 18.1 Å². The van der Waals surface area contributed by atoms with Crippen LogP contribution in [0.4, 0.5) is 11.4 Å². The maximum atomic E-state index is 8.73. The lowest BCUT2D eigenvalue weighted by molar-refractivity contribution is 0.311. The number of nitrogens with two attached hydrogens (primary N) is 1. The van der Waals surface area contributed by atoms with E-state index in [0.29, 0.717) is 6.54 Å². The molecule has 4 N–H and O–H groups in total. The summed E-state index contributed by atoms with van der Waals surface area (Å²) in [6.45, 7) is 4.85. The summed E-state index contributed by atoms with van der Waals surface area (Å²) in [6, 6.07) is 3.87. The summed E-state index contributed by atoms with van der Waals surface area (Å²) in [4.78, 5) is 0. The smallest absolute Gasteiger partial charge is 0.0604 e. The molecule has 3 nitrogen and oxygen atoms in total. The van der Waals surface area contributed by atoms with Crippen molar-refractivity contribution in [2.45, 2.75) is 20.3 Å². The fraction of sp³-hybridized carbons (Fsp3) is 0.455. The molecule has 0 atom stereocenters. The van der Waals surface area contributed by atoms with E-state index in [1.54, 1.807) is 0 Å². The van der Waals surface area contributed by atoms with Crippen molar-refractivity contribution in [3.8, 4) is 0 Å². The molecule has 0 heterocycles. The van der Waals surface area contributed by atoms with E-state index in [0.717, 1.165) is 23.4 Å². The Kier molecular flexibility index (Phi) is 3.77. The topological polar surface area (TPSA) is 58.3 Å². The summed E-state index contributed by atoms with van der Waals surface area (Å²) in [5.74, 6) is 0. The van der Waals surface area contributed by atoms with Crippen molar-refractivity contribution in [2.75, 3.05) is 24.2 Å². The van der Waals surface area contributed by atoms with Crippen LogP contribution in [0, 0.1) is 6.92 Å². The van der Waals surface area contributed by atoms with Crippen LogP contribution in [-0.2, 0) is 6.42 Å². The van der Waals surface area contributed by atoms with Crippen LogP contribution in [0.15, 0.2) is 12.1 Å². The van der Waals surface area contributed by atoms with Crippen LogP contribution < -0.4 is 11.1 Å². The molecular weight excluding hydrogens is 176 g/mol. The normalized spacial score (nSPS) is 10.2. The van der Waals surface area contributed by atoms with Crippen LogP contribution >= 0.6 is 0 Å². The molecule has 0 spiro atoms. The van der Waals surface area contributed by atoms with Crippen LogP contribution in [0.5, 0.6) is 0 Å². The van der Waals surface area contributed by atoms with Gasteiger partial charge in [0.1, 0.15) is 0 Å². The first kappa shape index (κ1) is 10.9. The van der Waals surface area contributed by atoms with Gasteiger partial charge in [-0.1, -0.05) is 6.92 Å². The van der Waals surface area contributed by atoms with E-state index < -0.39 is 0 Å². The predicted molar refractivity (Wildman–Crippen MR) is 60.5 cm³/mol. The Morgan fingerprint density at radius 2 is 2.14 bits per heavy atom. The first-order valence-corrected chi connectivity index (χ1v) is 4.93. The van der Waals surface area contributed by atoms with E-state index in [2.05, 4.69) is 12.2 Å². The zero-order valence-corrected chi connectivity index (χ0v) is 8.80. The lowest BCUT2D eigenvalue weighted by atomic mass is 10.0. The molecule has 0 unspecified atom stereocenters. The summed E-state index contributed by atoms with van der Waals surface area (Å²) in [7, 11) is 0. The second kappa shape index (κ2) is 4.86. The number of anilines is 2. The number of hydrogen-bond donors (Lipinski definition) is 3. The molecule has 0 aromatic heterocycles. The molecule has 0 aliphatic carbocycles. The summed E-state index contributed by atoms with van der Waals surface area (Å²) in [5, 5.41) is 11.9. The summed E-state index contributed by atoms with van der Waals surface area (Å²) in [6.07, 6.45) is 0.949. The highest BCUT2D eigenvalue weighted by molar-refractivity contribution is 5.63. The Bertz CT molecular complexity index is 310. The van der Waals surface area contributed by atoms with Crippen molar-refractivity contribution in [3.63, 3.8) is 0 Å². The van der Waals surface area contributed by atoms with Gasteiger partial charge in [0.15, 0.2) is 0 Å². The Balaban J connectivity index is 2.98. The molecule has 78 valence electrons. The fourth-order valence-corrected chi connectivity index (χ4v) is 1.59. The van der Waals surface area contributed by atoms with Crippen LogP contribution in [0.3, 0.4) is 0 Å². The van der Waals surface area contributed by atoms with Gasteiger partial charge in [0, 0.05) is 17.9 Å². The van der Waals surface area contributed by atoms with Gasteiger partial charge >= 0.3 is 0 Å². The largest absolute Gasteiger partial charge is 0.399 e. The number of hydrogen-bond acceptors (Lipinski definition) is 3. The zero-order chi connectivity index (χ0) is 10.6. The third-order valence-electron chi connectivity index (χ3n) is 2.42. The van der Waals surface area contributed by atoms with Crippen LogP contribution in [0.2, 0.25) is 0 Å². The number of aliphatic hydroxyl groups excluding tert-OH is 1. The van der Waals surface area contributed by atoms with Gasteiger partial charge in [0.25, 0.3) is 0 Å². The third-order valence-corrected chi connectivity index (χ3v) is 2.42. The Hall–Kier alpha value is -1.22. The molecule has 3 heteroatoms. The average Bonchev–Trinajstić information content (AvgIpc) is 2.20. The monoisotopic (exact) mass is 194 g/mol. The lowest BCUT2D eigenvalue weighted by Gasteiger charge is -2.14. The molecule has 0 amide bonds. The standard InChI is InChI=1S/C11H18N2O/c1-3-9-8(2)10(12)4-5-11(9)13-6-7-14/h4-5,13-14H,3,6-7,12H2,1-2H3. The maximum Gasteiger partial charge on any atom is 0.0604 e. The third kappa shape index (κ3) is 2.17. The Labute approximate surface area is 84.9 Å². The highest BCUT2D eigenvalue weighted by Gasteiger charge is 2.05. The van der Waals surface area contributed by atoms with Crippen molar-refractivity contribution in [2.24, 2.45) is 0 Å². The van der Waals surface area contributed by atoms with Crippen LogP contribution in [-0.4, -0.2) is 18.3 Å². The van der Waals surface area contributed by atoms with Gasteiger partial charge in [-0.2, -0.15) is 0 Å². The van der Waals surface area contributed by atoms with Gasteiger partial charge in [0.05, 0.1) is 6.61 Å². The van der Waals surface area contributed by atoms with Gasteiger partial charge in [-0.3, -0.25) is 0 Å². The summed E-state index contributed by atoms with van der Waals surface area (Å²) in [5.41, 5.74) is 10.1. The minimum Gasteiger partial charge on any atom is -0.399 e. The first-order chi connectivity index (χ1) is 6.70. The molecule has 0 aliphatic rings. The van der Waals surface area contributed by atoms with E-state index in [1.165, 1.54) is 5.56 Å². The molecule has 0 saturated heterocycles. The molecule has 1 rings (SSSR count). The van der Waals surface area contributed by atoms with Crippen LogP contribution in [0.25, 0.3) is 0 Å². The molecule has 1 aromatic rings. The summed E-state index contributed by atoms with van der Waals surface area (Å²) < 4.78 is 0. The van der Waals surface area contributed by atoms with E-state index >= 15 is 0 Å². The number of nitrogens with one attached hydrogen (secondary N) is 1. The van der Waals surface area contributed by atoms with E-state index in [-0.39, 0.29) is 6.61 Å². The molecule has 0 fully saturated rings. The molecule has 14 heavy (non-hydrogen) atoms. The van der Waals surface area contributed by atoms with Crippen molar-refractivity contribution in [3.05, 3.63) is 23.3 Å². The molecule has 0 bridgehead atoms. The predicted octanol–water partition coefficient (Wildman–Crippen LogP) is 1.54. The minimum absolute atomic E-state index is 0.145. The number of aliphatic hydroxyl groups is 1. The maximum absolute atomic E-state index is 8.73. The van der Waals surface area contributed by atoms with Gasteiger partial charge in [-0.25, -0.2) is 0 Å². The molecular formula is C11H18N2O. The zero-order valence-electron chi connectivity index (χ0n) is 8.80. The quantitative estimate of drug-likeness (QED) is 0.637. The molecule has 0 radical (unpaired) electrons. The fourth-order valence-electron chi connectivity index (χ4n) is 1.59. The van der Waals surface area contributed by atoms with E-state index in [4.69, 9.17) is 10.8 Å². The van der Waals surface area contributed by atoms with Gasteiger partial charge in [0.2, 0.25) is 0 Å². The molecule has 1 aromatic carbocycles. The van der Waals surface area contributed by atoms with Gasteiger partial charge < -0.3 is 16.2 Å². The van der Waals surface area contributed by atoms with Crippen molar-refractivity contribution in [1.82, 2.24) is 0 Å². The van der Waals surface area contributed by atoms with Crippen molar-refractivity contribution < 1.29 is 5.11 Å². The van der Waals surface area contributed by atoms with Gasteiger partial charge in [-0.05, 0) is 36.6 Å². The number of benzene rings is 1. The number of nitrogen functional groups attached to an aromatic ring is 1. The second-order valence-electron chi connectivity index (χ2n) is 3.31. The Morgan fingerprint density at radius 3 is 2.71 bits per heavy atom. The minimum atomic E-state index is 0.145. The Morgan fingerprint density at radius 1 is 1.43 bits per heavy atom. The second-order valence-corrected chi connectivity index (χ2v) is 3.31. The van der Waals surface area contributed by atoms with Crippen molar-refractivity contribution in [1.29, 1.82) is 0 Å². The highest BCUT2D eigenvalue weighted by atomic mass is 16.3. The highest BCUT2D eigenvalue weighted by Crippen LogP contribution is 2.24. The SMILES string of the molecule is CCc1c(NCCO)ccc(N)c1C. The molecule has 0 saturated carbocycles. The van der Waals surface area contributed by atoms with E-state index in [1.807, 2.05) is 19.1 Å². The summed E-state index contributed by atoms with van der Waals surface area (Å²) >= 11 is 0. The lowest BCUT2D eigenvalue weighted by Crippen LogP contribution is -2.09. The van der Waals surface area contributed by atoms with Crippen molar-refractivity contribution >= 4 is 11.4 Å². The van der Waals surface area contributed by atoms with E-state index in [9.17, 15) is 0 Å². The number of rotatable bonds is 4. The molecule has 0 aliphatic heterocycles.